The molecule has 2 heterocycles. The Labute approximate surface area is 133 Å². The molecule has 6 nitrogen and oxygen atoms in total. The van der Waals surface area contributed by atoms with E-state index in [1.807, 2.05) is 31.2 Å². The second kappa shape index (κ2) is 6.74. The molecule has 3 aromatic rings. The summed E-state index contributed by atoms with van der Waals surface area (Å²) < 4.78 is 5.16. The highest BCUT2D eigenvalue weighted by Crippen LogP contribution is 2.13. The second-order valence-electron chi connectivity index (χ2n) is 5.05. The summed E-state index contributed by atoms with van der Waals surface area (Å²) in [5.74, 6) is 0.886. The number of nitrogens with one attached hydrogen (secondary N) is 2. The summed E-state index contributed by atoms with van der Waals surface area (Å²) in [6.07, 6.45) is 4.54. The quantitative estimate of drug-likeness (QED) is 0.757. The van der Waals surface area contributed by atoms with Crippen LogP contribution in [0.5, 0.6) is 0 Å². The number of furan rings is 1. The molecule has 116 valence electrons. The monoisotopic (exact) mass is 308 g/mol. The van der Waals surface area contributed by atoms with Crippen molar-refractivity contribution in [1.82, 2.24) is 15.3 Å². The van der Waals surface area contributed by atoms with Crippen LogP contribution >= 0.6 is 0 Å². The van der Waals surface area contributed by atoms with E-state index in [4.69, 9.17) is 4.42 Å². The third-order valence-corrected chi connectivity index (χ3v) is 3.23. The van der Waals surface area contributed by atoms with Crippen molar-refractivity contribution >= 4 is 17.5 Å². The zero-order valence-electron chi connectivity index (χ0n) is 12.6. The molecule has 1 aromatic carbocycles. The molecule has 0 unspecified atom stereocenters. The van der Waals surface area contributed by atoms with Crippen molar-refractivity contribution in [3.8, 4) is 0 Å². The Bertz CT molecular complexity index is 765. The highest BCUT2D eigenvalue weighted by Gasteiger charge is 2.08. The third-order valence-electron chi connectivity index (χ3n) is 3.23. The molecule has 2 N–H and O–H groups in total. The second-order valence-corrected chi connectivity index (χ2v) is 5.05. The van der Waals surface area contributed by atoms with Crippen molar-refractivity contribution in [3.05, 3.63) is 71.9 Å². The Hall–Kier alpha value is -3.15. The molecule has 0 bridgehead atoms. The van der Waals surface area contributed by atoms with Gasteiger partial charge in [-0.15, -0.1) is 0 Å². The number of rotatable bonds is 5. The molecule has 0 aliphatic carbocycles. The molecule has 0 fully saturated rings. The van der Waals surface area contributed by atoms with Crippen LogP contribution in [0.4, 0.5) is 11.6 Å². The minimum absolute atomic E-state index is 0.247. The van der Waals surface area contributed by atoms with Crippen LogP contribution in [-0.2, 0) is 6.54 Å². The van der Waals surface area contributed by atoms with E-state index in [1.165, 1.54) is 18.0 Å². The maximum absolute atomic E-state index is 12.0. The standard InChI is InChI=1S/C17H16N4O2/c1-12-4-6-14(7-5-12)21-17-19-9-13(10-20-17)16(22)18-11-15-3-2-8-23-15/h2-10H,11H2,1H3,(H,18,22)(H,19,20,21). The number of hydrogen-bond acceptors (Lipinski definition) is 5. The number of aryl methyl sites for hydroxylation is 1. The molecule has 1 amide bonds. The lowest BCUT2D eigenvalue weighted by Crippen LogP contribution is -2.22. The number of benzene rings is 1. The molecule has 0 aliphatic heterocycles. The minimum Gasteiger partial charge on any atom is -0.467 e. The van der Waals surface area contributed by atoms with Gasteiger partial charge in [-0.1, -0.05) is 17.7 Å². The highest BCUT2D eigenvalue weighted by atomic mass is 16.3. The summed E-state index contributed by atoms with van der Waals surface area (Å²) in [6.45, 7) is 2.35. The van der Waals surface area contributed by atoms with Gasteiger partial charge in [-0.25, -0.2) is 9.97 Å². The van der Waals surface area contributed by atoms with Crippen LogP contribution in [-0.4, -0.2) is 15.9 Å². The lowest BCUT2D eigenvalue weighted by Gasteiger charge is -2.06. The summed E-state index contributed by atoms with van der Waals surface area (Å²) in [5, 5.41) is 5.83. The molecule has 0 radical (unpaired) electrons. The number of aromatic nitrogens is 2. The third kappa shape index (κ3) is 3.94. The van der Waals surface area contributed by atoms with Gasteiger partial charge in [-0.05, 0) is 31.2 Å². The predicted molar refractivity (Wildman–Crippen MR) is 86.4 cm³/mol. The van der Waals surface area contributed by atoms with Gasteiger partial charge in [0.25, 0.3) is 5.91 Å². The Morgan fingerprint density at radius 2 is 1.87 bits per heavy atom. The van der Waals surface area contributed by atoms with Crippen molar-refractivity contribution in [2.24, 2.45) is 0 Å². The first-order chi connectivity index (χ1) is 11.2. The van der Waals surface area contributed by atoms with Crippen LogP contribution in [0.25, 0.3) is 0 Å². The fourth-order valence-electron chi connectivity index (χ4n) is 1.96. The van der Waals surface area contributed by atoms with Gasteiger partial charge in [0.1, 0.15) is 5.76 Å². The molecule has 23 heavy (non-hydrogen) atoms. The molecule has 0 saturated carbocycles. The summed E-state index contributed by atoms with van der Waals surface area (Å²) in [6, 6.07) is 11.5. The zero-order valence-corrected chi connectivity index (χ0v) is 12.6. The topological polar surface area (TPSA) is 80.0 Å². The van der Waals surface area contributed by atoms with E-state index < -0.39 is 0 Å². The zero-order chi connectivity index (χ0) is 16.1. The molecule has 0 aliphatic rings. The Balaban J connectivity index is 1.59. The van der Waals surface area contributed by atoms with Gasteiger partial charge < -0.3 is 15.1 Å². The van der Waals surface area contributed by atoms with Gasteiger partial charge in [0.2, 0.25) is 5.95 Å². The van der Waals surface area contributed by atoms with Gasteiger partial charge >= 0.3 is 0 Å². The SMILES string of the molecule is Cc1ccc(Nc2ncc(C(=O)NCc3ccco3)cn2)cc1. The van der Waals surface area contributed by atoms with E-state index in [1.54, 1.807) is 18.4 Å². The summed E-state index contributed by atoms with van der Waals surface area (Å²) in [7, 11) is 0. The van der Waals surface area contributed by atoms with Crippen LogP contribution in [0.1, 0.15) is 21.7 Å². The Morgan fingerprint density at radius 1 is 1.13 bits per heavy atom. The lowest BCUT2D eigenvalue weighted by atomic mass is 10.2. The van der Waals surface area contributed by atoms with Crippen molar-refractivity contribution in [2.75, 3.05) is 5.32 Å². The van der Waals surface area contributed by atoms with Crippen LogP contribution in [0.2, 0.25) is 0 Å². The molecule has 0 saturated heterocycles. The van der Waals surface area contributed by atoms with Gasteiger partial charge in [-0.2, -0.15) is 0 Å². The number of carbonyl (C=O) groups is 1. The molecule has 0 atom stereocenters. The number of hydrogen-bond donors (Lipinski definition) is 2. The maximum Gasteiger partial charge on any atom is 0.254 e. The number of nitrogens with zero attached hydrogens (tertiary/aromatic N) is 2. The average Bonchev–Trinajstić information content (AvgIpc) is 3.09. The van der Waals surface area contributed by atoms with E-state index in [-0.39, 0.29) is 5.91 Å². The van der Waals surface area contributed by atoms with Crippen LogP contribution in [0.15, 0.2) is 59.5 Å². The number of carbonyl (C=O) groups excluding carboxylic acids is 1. The van der Waals surface area contributed by atoms with E-state index in [0.717, 1.165) is 5.69 Å². The van der Waals surface area contributed by atoms with E-state index in [0.29, 0.717) is 23.8 Å². The summed E-state index contributed by atoms with van der Waals surface area (Å²) >= 11 is 0. The Kier molecular flexibility index (Phi) is 4.33. The lowest BCUT2D eigenvalue weighted by molar-refractivity contribution is 0.0947. The number of amides is 1. The molecule has 6 heteroatoms. The molecule has 0 spiro atoms. The normalized spacial score (nSPS) is 10.3. The maximum atomic E-state index is 12.0. The van der Waals surface area contributed by atoms with E-state index in [9.17, 15) is 4.79 Å². The van der Waals surface area contributed by atoms with Crippen molar-refractivity contribution < 1.29 is 9.21 Å². The smallest absolute Gasteiger partial charge is 0.254 e. The summed E-state index contributed by atoms with van der Waals surface area (Å²) in [4.78, 5) is 20.3. The largest absolute Gasteiger partial charge is 0.467 e. The molecule has 2 aromatic heterocycles. The molecular formula is C17H16N4O2. The summed E-state index contributed by atoms with van der Waals surface area (Å²) in [5.41, 5.74) is 2.47. The van der Waals surface area contributed by atoms with Crippen molar-refractivity contribution in [2.45, 2.75) is 13.5 Å². The van der Waals surface area contributed by atoms with Crippen molar-refractivity contribution in [1.29, 1.82) is 0 Å². The fraction of sp³-hybridized carbons (Fsp3) is 0.118. The van der Waals surface area contributed by atoms with Gasteiger partial charge in [0.05, 0.1) is 18.4 Å². The van der Waals surface area contributed by atoms with Crippen LogP contribution in [0.3, 0.4) is 0 Å². The fourth-order valence-corrected chi connectivity index (χ4v) is 1.96. The first-order valence-electron chi connectivity index (χ1n) is 7.17. The molecular weight excluding hydrogens is 292 g/mol. The highest BCUT2D eigenvalue weighted by molar-refractivity contribution is 5.93. The predicted octanol–water partition coefficient (Wildman–Crippen LogP) is 3.05. The van der Waals surface area contributed by atoms with Crippen molar-refractivity contribution in [3.63, 3.8) is 0 Å². The average molecular weight is 308 g/mol. The van der Waals surface area contributed by atoms with E-state index >= 15 is 0 Å². The number of anilines is 2. The van der Waals surface area contributed by atoms with E-state index in [2.05, 4.69) is 20.6 Å². The first kappa shape index (κ1) is 14.8. The first-order valence-corrected chi connectivity index (χ1v) is 7.17. The van der Waals surface area contributed by atoms with Gasteiger partial charge in [0, 0.05) is 18.1 Å². The molecule has 3 rings (SSSR count). The van der Waals surface area contributed by atoms with Gasteiger partial charge in [-0.3, -0.25) is 4.79 Å². The van der Waals surface area contributed by atoms with Gasteiger partial charge in [0.15, 0.2) is 0 Å². The van der Waals surface area contributed by atoms with Crippen LogP contribution < -0.4 is 10.6 Å². The Morgan fingerprint density at radius 3 is 2.52 bits per heavy atom. The minimum atomic E-state index is -0.247. The van der Waals surface area contributed by atoms with Crippen LogP contribution in [0, 0.1) is 6.92 Å².